The zero-order valence-corrected chi connectivity index (χ0v) is 20.9. The summed E-state index contributed by atoms with van der Waals surface area (Å²) >= 11 is 0. The molecule has 0 saturated carbocycles. The van der Waals surface area contributed by atoms with Crippen LogP contribution in [0.25, 0.3) is 11.1 Å². The van der Waals surface area contributed by atoms with Gasteiger partial charge in [-0.05, 0) is 55.2 Å². The van der Waals surface area contributed by atoms with Gasteiger partial charge in [0.2, 0.25) is 0 Å². The van der Waals surface area contributed by atoms with Gasteiger partial charge in [0.05, 0.1) is 25.4 Å². The van der Waals surface area contributed by atoms with Crippen molar-refractivity contribution in [2.24, 2.45) is 0 Å². The summed E-state index contributed by atoms with van der Waals surface area (Å²) in [6.45, 7) is 9.84. The van der Waals surface area contributed by atoms with Gasteiger partial charge in [-0.2, -0.15) is 0 Å². The lowest BCUT2D eigenvalue weighted by atomic mass is 9.90. The van der Waals surface area contributed by atoms with Crippen LogP contribution in [0.4, 0.5) is 8.78 Å². The largest absolute Gasteiger partial charge is 0.462 e. The van der Waals surface area contributed by atoms with Gasteiger partial charge in [-0.25, -0.2) is 18.4 Å². The second-order valence-corrected chi connectivity index (χ2v) is 8.72. The molecule has 0 aliphatic heterocycles. The van der Waals surface area contributed by atoms with Crippen LogP contribution in [-0.2, 0) is 25.5 Å². The molecule has 0 radical (unpaired) electrons. The topological polar surface area (TPSA) is 72.8 Å². The van der Waals surface area contributed by atoms with Crippen molar-refractivity contribution in [3.8, 4) is 11.1 Å². The number of hydrogen-bond donors (Lipinski definition) is 1. The number of aliphatic hydroxyl groups excluding tert-OH is 1. The number of carbonyl (C=O) groups is 2. The molecular weight excluding hydrogens is 466 g/mol. The summed E-state index contributed by atoms with van der Waals surface area (Å²) in [7, 11) is 0. The average Bonchev–Trinajstić information content (AvgIpc) is 2.87. The van der Waals surface area contributed by atoms with Crippen molar-refractivity contribution in [1.82, 2.24) is 0 Å². The van der Waals surface area contributed by atoms with Crippen LogP contribution in [0, 0.1) is 11.6 Å². The van der Waals surface area contributed by atoms with Crippen LogP contribution in [0.2, 0.25) is 0 Å². The van der Waals surface area contributed by atoms with Crippen molar-refractivity contribution in [2.45, 2.75) is 51.9 Å². The van der Waals surface area contributed by atoms with Crippen molar-refractivity contribution in [2.75, 3.05) is 19.8 Å². The highest BCUT2D eigenvalue weighted by Gasteiger charge is 2.23. The third kappa shape index (κ3) is 8.12. The molecule has 1 unspecified atom stereocenters. The van der Waals surface area contributed by atoms with E-state index in [0.29, 0.717) is 5.56 Å². The summed E-state index contributed by atoms with van der Waals surface area (Å²) in [5.41, 5.74) is 2.08. The van der Waals surface area contributed by atoms with E-state index in [1.165, 1.54) is 19.1 Å². The molecule has 0 amide bonds. The number of ether oxygens (including phenoxy) is 2. The Morgan fingerprint density at radius 3 is 2.11 bits per heavy atom. The fraction of sp³-hybridized carbons (Fsp3) is 0.379. The van der Waals surface area contributed by atoms with Gasteiger partial charge in [-0.3, -0.25) is 0 Å². The van der Waals surface area contributed by atoms with Gasteiger partial charge in [0.1, 0.15) is 0 Å². The quantitative estimate of drug-likeness (QED) is 0.253. The summed E-state index contributed by atoms with van der Waals surface area (Å²) < 4.78 is 40.7. The number of benzene rings is 2. The molecule has 0 aliphatic rings. The van der Waals surface area contributed by atoms with E-state index in [-0.39, 0.29) is 48.3 Å². The zero-order chi connectivity index (χ0) is 26.7. The number of unbranched alkanes of at least 4 members (excludes halogenated alkanes) is 1. The lowest BCUT2D eigenvalue weighted by Crippen LogP contribution is -2.16. The van der Waals surface area contributed by atoms with Crippen LogP contribution in [0.5, 0.6) is 0 Å². The van der Waals surface area contributed by atoms with Crippen molar-refractivity contribution in [3.05, 3.63) is 83.5 Å². The number of halogens is 2. The van der Waals surface area contributed by atoms with Gasteiger partial charge >= 0.3 is 11.9 Å². The number of aryl methyl sites for hydroxylation is 1. The van der Waals surface area contributed by atoms with Crippen molar-refractivity contribution >= 4 is 11.9 Å². The molecular formula is C29H34F2O5. The molecule has 0 saturated heterocycles. The smallest absolute Gasteiger partial charge is 0.335 e. The predicted molar refractivity (Wildman–Crippen MR) is 135 cm³/mol. The van der Waals surface area contributed by atoms with E-state index in [1.54, 1.807) is 12.1 Å². The molecule has 1 N–H and O–H groups in total. The summed E-state index contributed by atoms with van der Waals surface area (Å²) in [5.74, 6) is -3.91. The van der Waals surface area contributed by atoms with Gasteiger partial charge in [0.25, 0.3) is 0 Å². The lowest BCUT2D eigenvalue weighted by Gasteiger charge is -2.20. The first kappa shape index (κ1) is 28.9. The highest BCUT2D eigenvalue weighted by molar-refractivity contribution is 5.88. The van der Waals surface area contributed by atoms with E-state index in [4.69, 9.17) is 14.6 Å². The Hall–Kier alpha value is -3.32. The summed E-state index contributed by atoms with van der Waals surface area (Å²) in [6, 6.07) is 10.4. The molecule has 0 fully saturated rings. The molecule has 194 valence electrons. The minimum Gasteiger partial charge on any atom is -0.462 e. The summed E-state index contributed by atoms with van der Waals surface area (Å²) in [6.07, 6.45) is 3.40. The Balaban J connectivity index is 2.23. The third-order valence-corrected chi connectivity index (χ3v) is 5.86. The molecule has 0 spiro atoms. The highest BCUT2D eigenvalue weighted by Crippen LogP contribution is 2.33. The molecule has 0 bridgehead atoms. The molecule has 2 aromatic carbocycles. The van der Waals surface area contributed by atoms with Crippen molar-refractivity contribution < 1.29 is 33.0 Å². The monoisotopic (exact) mass is 500 g/mol. The molecule has 5 nitrogen and oxygen atoms in total. The number of aliphatic hydroxyl groups is 1. The molecule has 1 atom stereocenters. The van der Waals surface area contributed by atoms with E-state index in [2.05, 4.69) is 20.1 Å². The van der Waals surface area contributed by atoms with E-state index in [9.17, 15) is 9.59 Å². The molecule has 0 heterocycles. The first-order valence-corrected chi connectivity index (χ1v) is 12.0. The maximum atomic E-state index is 15.3. The normalized spacial score (nSPS) is 11.6. The third-order valence-electron chi connectivity index (χ3n) is 5.86. The van der Waals surface area contributed by atoms with Crippen molar-refractivity contribution in [3.63, 3.8) is 0 Å². The summed E-state index contributed by atoms with van der Waals surface area (Å²) in [4.78, 5) is 23.5. The van der Waals surface area contributed by atoms with Gasteiger partial charge in [0.15, 0.2) is 11.6 Å². The maximum absolute atomic E-state index is 15.3. The van der Waals surface area contributed by atoms with Gasteiger partial charge in [-0.15, -0.1) is 0 Å². The lowest BCUT2D eigenvalue weighted by molar-refractivity contribution is -0.139. The second kappa shape index (κ2) is 14.3. The Morgan fingerprint density at radius 1 is 0.944 bits per heavy atom. The van der Waals surface area contributed by atoms with Crippen molar-refractivity contribution in [1.29, 1.82) is 0 Å². The van der Waals surface area contributed by atoms with E-state index < -0.39 is 36.1 Å². The van der Waals surface area contributed by atoms with Crippen LogP contribution in [0.3, 0.4) is 0 Å². The predicted octanol–water partition coefficient (Wildman–Crippen LogP) is 6.05. The number of esters is 2. The van der Waals surface area contributed by atoms with E-state index in [1.807, 2.05) is 12.1 Å². The van der Waals surface area contributed by atoms with Crippen LogP contribution in [0.1, 0.15) is 56.6 Å². The van der Waals surface area contributed by atoms with E-state index >= 15 is 8.78 Å². The number of hydrogen-bond acceptors (Lipinski definition) is 5. The highest BCUT2D eigenvalue weighted by atomic mass is 19.2. The maximum Gasteiger partial charge on any atom is 0.335 e. The zero-order valence-electron chi connectivity index (χ0n) is 20.9. The number of carbonyl (C=O) groups excluding carboxylic acids is 2. The van der Waals surface area contributed by atoms with E-state index in [0.717, 1.165) is 24.8 Å². The second-order valence-electron chi connectivity index (χ2n) is 8.72. The Kier molecular flexibility index (Phi) is 11.5. The minimum atomic E-state index is -0.995. The molecule has 0 aromatic heterocycles. The Bertz CT molecular complexity index is 1080. The molecule has 7 heteroatoms. The Labute approximate surface area is 211 Å². The van der Waals surface area contributed by atoms with Crippen LogP contribution < -0.4 is 0 Å². The first-order valence-electron chi connectivity index (χ1n) is 12.0. The Morgan fingerprint density at radius 2 is 1.56 bits per heavy atom. The van der Waals surface area contributed by atoms with Crippen LogP contribution in [-0.4, -0.2) is 36.9 Å². The molecule has 36 heavy (non-hydrogen) atoms. The van der Waals surface area contributed by atoms with Crippen LogP contribution in [0.15, 0.2) is 60.7 Å². The molecule has 0 aliphatic carbocycles. The summed E-state index contributed by atoms with van der Waals surface area (Å²) in [5, 5.41) is 9.00. The molecule has 2 rings (SSSR count). The van der Waals surface area contributed by atoms with Gasteiger partial charge in [-0.1, -0.05) is 62.9 Å². The minimum absolute atomic E-state index is 0.0459. The SMILES string of the molecule is C=C(C)C(=O)OCCC(CCOC(=O)C(=C)CO)c1ccc(-c2ccc(CCCC)cc2)c(F)c1F. The fourth-order valence-electron chi connectivity index (χ4n) is 3.67. The standard InChI is InChI=1S/C29H34F2O5/c1-5-6-7-21-8-10-22(11-9-21)24-12-13-25(27(31)26(24)30)23(14-16-35-28(33)19(2)3)15-17-36-29(34)20(4)18-32/h8-13,23,32H,2,4-7,14-18H2,1,3H3. The fourth-order valence-corrected chi connectivity index (χ4v) is 3.67. The van der Waals surface area contributed by atoms with Gasteiger partial charge < -0.3 is 14.6 Å². The first-order chi connectivity index (χ1) is 17.2. The molecule has 2 aromatic rings. The van der Waals surface area contributed by atoms with Crippen LogP contribution >= 0.6 is 0 Å². The average molecular weight is 501 g/mol. The van der Waals surface area contributed by atoms with Gasteiger partial charge in [0, 0.05) is 11.1 Å². The number of rotatable bonds is 14.